The lowest BCUT2D eigenvalue weighted by Gasteiger charge is -2.15. The molecular weight excluding hydrogens is 184 g/mol. The molecule has 0 saturated heterocycles. The Morgan fingerprint density at radius 3 is 2.36 bits per heavy atom. The van der Waals surface area contributed by atoms with Gasteiger partial charge in [-0.1, -0.05) is 0 Å². The summed E-state index contributed by atoms with van der Waals surface area (Å²) in [4.78, 5) is 22.0. The molecule has 4 heteroatoms. The van der Waals surface area contributed by atoms with Crippen LogP contribution in [0.2, 0.25) is 0 Å². The highest BCUT2D eigenvalue weighted by Crippen LogP contribution is 2.11. The highest BCUT2D eigenvalue weighted by atomic mass is 16.5. The van der Waals surface area contributed by atoms with Crippen LogP contribution in [-0.4, -0.2) is 29.1 Å². The van der Waals surface area contributed by atoms with Gasteiger partial charge in [-0.2, -0.15) is 0 Å². The third kappa shape index (κ3) is 7.73. The number of ether oxygens (including phenoxy) is 1. The number of aliphatic hydroxyl groups is 1. The van der Waals surface area contributed by atoms with Gasteiger partial charge < -0.3 is 9.84 Å². The molecule has 0 aliphatic heterocycles. The molecule has 0 aliphatic carbocycles. The van der Waals surface area contributed by atoms with Crippen LogP contribution in [0, 0.1) is 0 Å². The van der Waals surface area contributed by atoms with Crippen molar-refractivity contribution in [2.45, 2.75) is 45.6 Å². The molecule has 0 heterocycles. The largest absolute Gasteiger partial charge is 0.466 e. The molecule has 0 aromatic heterocycles. The van der Waals surface area contributed by atoms with E-state index in [0.717, 1.165) is 0 Å². The molecule has 0 saturated carbocycles. The van der Waals surface area contributed by atoms with Crippen LogP contribution in [0.15, 0.2) is 0 Å². The van der Waals surface area contributed by atoms with Crippen molar-refractivity contribution in [2.24, 2.45) is 0 Å². The second-order valence-corrected chi connectivity index (χ2v) is 3.83. The Morgan fingerprint density at radius 1 is 1.36 bits per heavy atom. The van der Waals surface area contributed by atoms with E-state index in [-0.39, 0.29) is 25.2 Å². The lowest BCUT2D eigenvalue weighted by atomic mass is 10.0. The predicted octanol–water partition coefficient (Wildman–Crippen LogP) is 1.06. The molecular formula is C10H18O4. The molecule has 0 aliphatic rings. The zero-order valence-corrected chi connectivity index (χ0v) is 9.00. The Kier molecular flexibility index (Phi) is 5.38. The molecule has 0 amide bonds. The standard InChI is InChI=1S/C10H18O4/c1-4-14-9(12)7-8(11)5-6-10(2,3)13/h13H,4-7H2,1-3H3. The molecule has 0 spiro atoms. The van der Waals surface area contributed by atoms with Gasteiger partial charge in [0.25, 0.3) is 0 Å². The van der Waals surface area contributed by atoms with Crippen molar-refractivity contribution in [1.82, 2.24) is 0 Å². The van der Waals surface area contributed by atoms with Gasteiger partial charge in [0.2, 0.25) is 0 Å². The minimum absolute atomic E-state index is 0.189. The predicted molar refractivity (Wildman–Crippen MR) is 51.8 cm³/mol. The first-order valence-corrected chi connectivity index (χ1v) is 4.75. The Labute approximate surface area is 84.3 Å². The zero-order chi connectivity index (χ0) is 11.2. The zero-order valence-electron chi connectivity index (χ0n) is 9.00. The summed E-state index contributed by atoms with van der Waals surface area (Å²) < 4.78 is 4.62. The van der Waals surface area contributed by atoms with E-state index in [1.165, 1.54) is 0 Å². The molecule has 0 rings (SSSR count). The van der Waals surface area contributed by atoms with E-state index >= 15 is 0 Å². The second-order valence-electron chi connectivity index (χ2n) is 3.83. The summed E-state index contributed by atoms with van der Waals surface area (Å²) in [6.07, 6.45) is 0.386. The third-order valence-corrected chi connectivity index (χ3v) is 1.66. The average molecular weight is 202 g/mol. The quantitative estimate of drug-likeness (QED) is 0.516. The maximum absolute atomic E-state index is 11.2. The van der Waals surface area contributed by atoms with Gasteiger partial charge in [-0.3, -0.25) is 9.59 Å². The minimum atomic E-state index is -0.857. The second kappa shape index (κ2) is 5.75. The fourth-order valence-corrected chi connectivity index (χ4v) is 0.907. The fraction of sp³-hybridized carbons (Fsp3) is 0.800. The monoisotopic (exact) mass is 202 g/mol. The van der Waals surface area contributed by atoms with Crippen molar-refractivity contribution >= 4 is 11.8 Å². The van der Waals surface area contributed by atoms with Crippen LogP contribution in [0.5, 0.6) is 0 Å². The molecule has 0 aromatic carbocycles. The molecule has 0 unspecified atom stereocenters. The van der Waals surface area contributed by atoms with Crippen molar-refractivity contribution in [3.05, 3.63) is 0 Å². The smallest absolute Gasteiger partial charge is 0.313 e. The lowest BCUT2D eigenvalue weighted by molar-refractivity contribution is -0.145. The van der Waals surface area contributed by atoms with Crippen LogP contribution in [0.3, 0.4) is 0 Å². The summed E-state index contributed by atoms with van der Waals surface area (Å²) in [5.74, 6) is -0.682. The van der Waals surface area contributed by atoms with E-state index in [1.807, 2.05) is 0 Å². The number of Topliss-reactive ketones (excluding diaryl/α,β-unsaturated/α-hetero) is 1. The molecule has 1 N–H and O–H groups in total. The average Bonchev–Trinajstić information content (AvgIpc) is 2.00. The maximum Gasteiger partial charge on any atom is 0.313 e. The summed E-state index contributed by atoms with van der Waals surface area (Å²) in [7, 11) is 0. The van der Waals surface area contributed by atoms with Crippen LogP contribution >= 0.6 is 0 Å². The van der Waals surface area contributed by atoms with Crippen LogP contribution in [-0.2, 0) is 14.3 Å². The Balaban J connectivity index is 3.71. The van der Waals surface area contributed by atoms with E-state index in [1.54, 1.807) is 20.8 Å². The van der Waals surface area contributed by atoms with E-state index in [0.29, 0.717) is 6.42 Å². The number of hydrogen-bond acceptors (Lipinski definition) is 4. The molecule has 0 atom stereocenters. The Bertz CT molecular complexity index is 203. The molecule has 4 nitrogen and oxygen atoms in total. The van der Waals surface area contributed by atoms with Crippen LogP contribution in [0.1, 0.15) is 40.0 Å². The van der Waals surface area contributed by atoms with Gasteiger partial charge >= 0.3 is 5.97 Å². The summed E-state index contributed by atoms with van der Waals surface area (Å²) in [5, 5.41) is 9.34. The number of ketones is 1. The molecule has 14 heavy (non-hydrogen) atoms. The van der Waals surface area contributed by atoms with E-state index in [9.17, 15) is 14.7 Å². The number of carbonyl (C=O) groups excluding carboxylic acids is 2. The maximum atomic E-state index is 11.2. The summed E-state index contributed by atoms with van der Waals surface area (Å²) in [6.45, 7) is 5.24. The molecule has 0 aromatic rings. The fourth-order valence-electron chi connectivity index (χ4n) is 0.907. The molecule has 82 valence electrons. The summed E-state index contributed by atoms with van der Waals surface area (Å²) in [5.41, 5.74) is -0.857. The van der Waals surface area contributed by atoms with Gasteiger partial charge in [-0.15, -0.1) is 0 Å². The summed E-state index contributed by atoms with van der Waals surface area (Å²) >= 11 is 0. The normalized spacial score (nSPS) is 11.1. The molecule has 0 radical (unpaired) electrons. The summed E-state index contributed by atoms with van der Waals surface area (Å²) in [6, 6.07) is 0. The number of rotatable bonds is 6. The topological polar surface area (TPSA) is 63.6 Å². The van der Waals surface area contributed by atoms with Crippen molar-refractivity contribution in [3.63, 3.8) is 0 Å². The van der Waals surface area contributed by atoms with Crippen molar-refractivity contribution in [2.75, 3.05) is 6.61 Å². The minimum Gasteiger partial charge on any atom is -0.466 e. The highest BCUT2D eigenvalue weighted by Gasteiger charge is 2.16. The SMILES string of the molecule is CCOC(=O)CC(=O)CCC(C)(C)O. The van der Waals surface area contributed by atoms with Gasteiger partial charge in [-0.05, 0) is 27.2 Å². The van der Waals surface area contributed by atoms with Gasteiger partial charge in [0.05, 0.1) is 12.2 Å². The lowest BCUT2D eigenvalue weighted by Crippen LogP contribution is -2.21. The van der Waals surface area contributed by atoms with Gasteiger partial charge in [0.1, 0.15) is 12.2 Å². The van der Waals surface area contributed by atoms with Crippen molar-refractivity contribution < 1.29 is 19.4 Å². The first-order valence-electron chi connectivity index (χ1n) is 4.75. The van der Waals surface area contributed by atoms with Crippen LogP contribution in [0.4, 0.5) is 0 Å². The van der Waals surface area contributed by atoms with E-state index in [4.69, 9.17) is 0 Å². The van der Waals surface area contributed by atoms with Crippen LogP contribution < -0.4 is 0 Å². The number of carbonyl (C=O) groups is 2. The van der Waals surface area contributed by atoms with Crippen LogP contribution in [0.25, 0.3) is 0 Å². The molecule has 0 bridgehead atoms. The first kappa shape index (κ1) is 13.1. The van der Waals surface area contributed by atoms with Gasteiger partial charge in [0.15, 0.2) is 0 Å². The highest BCUT2D eigenvalue weighted by molar-refractivity contribution is 5.95. The third-order valence-electron chi connectivity index (χ3n) is 1.66. The number of esters is 1. The van der Waals surface area contributed by atoms with Gasteiger partial charge in [-0.25, -0.2) is 0 Å². The van der Waals surface area contributed by atoms with Crippen molar-refractivity contribution in [3.8, 4) is 0 Å². The Morgan fingerprint density at radius 2 is 1.93 bits per heavy atom. The van der Waals surface area contributed by atoms with E-state index < -0.39 is 11.6 Å². The van der Waals surface area contributed by atoms with Gasteiger partial charge in [0, 0.05) is 6.42 Å². The Hall–Kier alpha value is -0.900. The first-order chi connectivity index (χ1) is 6.35. The molecule has 0 fully saturated rings. The van der Waals surface area contributed by atoms with Crippen molar-refractivity contribution in [1.29, 1.82) is 0 Å². The number of hydrogen-bond donors (Lipinski definition) is 1. The van der Waals surface area contributed by atoms with E-state index in [2.05, 4.69) is 4.74 Å².